The van der Waals surface area contributed by atoms with Crippen molar-refractivity contribution in [1.29, 1.82) is 0 Å². The molecule has 2 unspecified atom stereocenters. The van der Waals surface area contributed by atoms with Crippen LogP contribution < -0.4 is 4.90 Å². The molecule has 6 nitrogen and oxygen atoms in total. The number of nitrogens with zero attached hydrogens (tertiary/aromatic N) is 6. The van der Waals surface area contributed by atoms with Crippen molar-refractivity contribution in [2.24, 2.45) is 11.8 Å². The molecule has 4 heterocycles. The summed E-state index contributed by atoms with van der Waals surface area (Å²) in [4.78, 5) is 18.3. The molecule has 0 radical (unpaired) electrons. The Morgan fingerprint density at radius 3 is 2.52 bits per heavy atom. The van der Waals surface area contributed by atoms with E-state index in [4.69, 9.17) is 0 Å². The summed E-state index contributed by atoms with van der Waals surface area (Å²) in [6, 6.07) is 2.25. The molecule has 0 N–H and O–H groups in total. The van der Waals surface area contributed by atoms with Gasteiger partial charge in [-0.15, -0.1) is 0 Å². The van der Waals surface area contributed by atoms with Crippen LogP contribution in [0.25, 0.3) is 0 Å². The Balaban J connectivity index is 1.18. The first-order valence-electron chi connectivity index (χ1n) is 9.60. The van der Waals surface area contributed by atoms with Gasteiger partial charge in [0.15, 0.2) is 0 Å². The molecule has 25 heavy (non-hydrogen) atoms. The lowest BCUT2D eigenvalue weighted by atomic mass is 9.83. The SMILES string of the molecule is c1cn(CCN2CC3CN(c4cc(C5CCC5)ncn4)CC3C2)cn1. The lowest BCUT2D eigenvalue weighted by molar-refractivity contribution is 0.302. The monoisotopic (exact) mass is 338 g/mol. The predicted molar refractivity (Wildman–Crippen MR) is 96.5 cm³/mol. The quantitative estimate of drug-likeness (QED) is 0.835. The molecule has 1 aliphatic carbocycles. The summed E-state index contributed by atoms with van der Waals surface area (Å²) in [6.45, 7) is 6.90. The number of hydrogen-bond donors (Lipinski definition) is 0. The molecule has 6 heteroatoms. The normalized spacial score (nSPS) is 26.8. The van der Waals surface area contributed by atoms with Crippen molar-refractivity contribution in [3.05, 3.63) is 36.8 Å². The molecule has 0 aromatic carbocycles. The fourth-order valence-electron chi connectivity index (χ4n) is 4.60. The highest BCUT2D eigenvalue weighted by molar-refractivity contribution is 5.42. The second-order valence-electron chi connectivity index (χ2n) is 7.91. The lowest BCUT2D eigenvalue weighted by Crippen LogP contribution is -2.31. The Morgan fingerprint density at radius 2 is 1.84 bits per heavy atom. The number of imidazole rings is 1. The maximum Gasteiger partial charge on any atom is 0.132 e. The van der Waals surface area contributed by atoms with E-state index in [-0.39, 0.29) is 0 Å². The summed E-state index contributed by atoms with van der Waals surface area (Å²) >= 11 is 0. The van der Waals surface area contributed by atoms with Crippen molar-refractivity contribution in [1.82, 2.24) is 24.4 Å². The molecule has 5 rings (SSSR count). The number of likely N-dealkylation sites (tertiary alicyclic amines) is 1. The van der Waals surface area contributed by atoms with Gasteiger partial charge in [-0.05, 0) is 24.7 Å². The molecule has 132 valence electrons. The van der Waals surface area contributed by atoms with E-state index < -0.39 is 0 Å². The van der Waals surface area contributed by atoms with Crippen LogP contribution in [0.3, 0.4) is 0 Å². The van der Waals surface area contributed by atoms with E-state index in [1.54, 1.807) is 6.33 Å². The van der Waals surface area contributed by atoms with Gasteiger partial charge >= 0.3 is 0 Å². The van der Waals surface area contributed by atoms with Gasteiger partial charge in [0.2, 0.25) is 0 Å². The van der Waals surface area contributed by atoms with E-state index in [0.29, 0.717) is 5.92 Å². The fourth-order valence-corrected chi connectivity index (χ4v) is 4.60. The van der Waals surface area contributed by atoms with Crippen LogP contribution in [0.5, 0.6) is 0 Å². The molecule has 2 aromatic heterocycles. The van der Waals surface area contributed by atoms with Crippen molar-refractivity contribution < 1.29 is 0 Å². The van der Waals surface area contributed by atoms with Crippen molar-refractivity contribution in [3.8, 4) is 0 Å². The number of aromatic nitrogens is 4. The molecule has 3 aliphatic rings. The zero-order chi connectivity index (χ0) is 16.6. The first-order valence-corrected chi connectivity index (χ1v) is 9.60. The van der Waals surface area contributed by atoms with E-state index in [1.165, 1.54) is 38.0 Å². The average Bonchev–Trinajstić information content (AvgIpc) is 3.27. The smallest absolute Gasteiger partial charge is 0.132 e. The number of fused-ring (bicyclic) bond motifs is 1. The number of anilines is 1. The van der Waals surface area contributed by atoms with Crippen molar-refractivity contribution in [2.75, 3.05) is 37.6 Å². The summed E-state index contributed by atoms with van der Waals surface area (Å²) < 4.78 is 2.17. The molecule has 2 atom stereocenters. The third-order valence-electron chi connectivity index (χ3n) is 6.32. The number of hydrogen-bond acceptors (Lipinski definition) is 5. The Bertz CT molecular complexity index is 696. The van der Waals surface area contributed by atoms with Gasteiger partial charge in [0.1, 0.15) is 12.1 Å². The van der Waals surface area contributed by atoms with Crippen molar-refractivity contribution in [3.63, 3.8) is 0 Å². The van der Waals surface area contributed by atoms with Gasteiger partial charge in [-0.3, -0.25) is 0 Å². The highest BCUT2D eigenvalue weighted by Crippen LogP contribution is 2.37. The van der Waals surface area contributed by atoms with Gasteiger partial charge < -0.3 is 14.4 Å². The van der Waals surface area contributed by atoms with Gasteiger partial charge in [0.05, 0.1) is 6.33 Å². The van der Waals surface area contributed by atoms with E-state index in [9.17, 15) is 0 Å². The maximum atomic E-state index is 4.57. The minimum Gasteiger partial charge on any atom is -0.356 e. The molecule has 2 aliphatic heterocycles. The minimum atomic E-state index is 0.683. The van der Waals surface area contributed by atoms with E-state index in [2.05, 4.69) is 35.4 Å². The van der Waals surface area contributed by atoms with Crippen LogP contribution in [0.1, 0.15) is 30.9 Å². The fraction of sp³-hybridized carbons (Fsp3) is 0.632. The standard InChI is InChI=1S/C19H26N6/c1-2-15(3-1)18-8-19(22-13-21-18)25-11-16-9-24(10-17(16)12-25)7-6-23-5-4-20-14-23/h4-5,8,13-17H,1-3,6-7,9-12H2. The van der Waals surface area contributed by atoms with Crippen LogP contribution in [0.2, 0.25) is 0 Å². The van der Waals surface area contributed by atoms with Gasteiger partial charge in [0, 0.05) is 69.3 Å². The Kier molecular flexibility index (Phi) is 3.93. The van der Waals surface area contributed by atoms with Crippen LogP contribution in [-0.2, 0) is 6.54 Å². The Hall–Kier alpha value is -1.95. The summed E-state index contributed by atoms with van der Waals surface area (Å²) in [5, 5.41) is 0. The first kappa shape index (κ1) is 15.3. The van der Waals surface area contributed by atoms with Gasteiger partial charge in [-0.1, -0.05) is 6.42 Å². The summed E-state index contributed by atoms with van der Waals surface area (Å²) in [6.07, 6.45) is 11.5. The molecule has 2 saturated heterocycles. The van der Waals surface area contributed by atoms with Crippen LogP contribution in [-0.4, -0.2) is 57.1 Å². The second kappa shape index (κ2) is 6.41. The van der Waals surface area contributed by atoms with Crippen molar-refractivity contribution in [2.45, 2.75) is 31.7 Å². The molecule has 1 saturated carbocycles. The van der Waals surface area contributed by atoms with Crippen LogP contribution in [0.4, 0.5) is 5.82 Å². The Labute approximate surface area is 148 Å². The summed E-state index contributed by atoms with van der Waals surface area (Å²) in [5.41, 5.74) is 1.26. The van der Waals surface area contributed by atoms with Crippen molar-refractivity contribution >= 4 is 5.82 Å². The topological polar surface area (TPSA) is 50.1 Å². The zero-order valence-electron chi connectivity index (χ0n) is 14.7. The van der Waals surface area contributed by atoms with E-state index >= 15 is 0 Å². The molecule has 3 fully saturated rings. The Morgan fingerprint density at radius 1 is 1.00 bits per heavy atom. The lowest BCUT2D eigenvalue weighted by Gasteiger charge is -2.26. The molecular formula is C19H26N6. The summed E-state index contributed by atoms with van der Waals surface area (Å²) in [7, 11) is 0. The zero-order valence-corrected chi connectivity index (χ0v) is 14.7. The van der Waals surface area contributed by atoms with E-state index in [1.807, 2.05) is 18.7 Å². The number of rotatable bonds is 5. The average molecular weight is 338 g/mol. The first-order chi connectivity index (χ1) is 12.3. The molecule has 2 aromatic rings. The minimum absolute atomic E-state index is 0.683. The molecular weight excluding hydrogens is 312 g/mol. The second-order valence-corrected chi connectivity index (χ2v) is 7.91. The van der Waals surface area contributed by atoms with E-state index in [0.717, 1.165) is 43.8 Å². The largest absolute Gasteiger partial charge is 0.356 e. The van der Waals surface area contributed by atoms with Crippen LogP contribution >= 0.6 is 0 Å². The third-order valence-corrected chi connectivity index (χ3v) is 6.32. The third kappa shape index (κ3) is 3.03. The maximum absolute atomic E-state index is 4.57. The molecule has 0 spiro atoms. The van der Waals surface area contributed by atoms with Gasteiger partial charge in [0.25, 0.3) is 0 Å². The van der Waals surface area contributed by atoms with Gasteiger partial charge in [-0.2, -0.15) is 0 Å². The molecule has 0 amide bonds. The van der Waals surface area contributed by atoms with Crippen LogP contribution in [0, 0.1) is 11.8 Å². The molecule has 0 bridgehead atoms. The predicted octanol–water partition coefficient (Wildman–Crippen LogP) is 2.01. The van der Waals surface area contributed by atoms with Gasteiger partial charge in [-0.25, -0.2) is 15.0 Å². The highest BCUT2D eigenvalue weighted by atomic mass is 15.3. The highest BCUT2D eigenvalue weighted by Gasteiger charge is 2.40. The van der Waals surface area contributed by atoms with Crippen LogP contribution in [0.15, 0.2) is 31.1 Å². The summed E-state index contributed by atoms with van der Waals surface area (Å²) in [5.74, 6) is 3.40.